The summed E-state index contributed by atoms with van der Waals surface area (Å²) < 4.78 is 87.3. The highest BCUT2D eigenvalue weighted by Gasteiger charge is 2.34. The number of ketones is 1. The van der Waals surface area contributed by atoms with E-state index in [1.54, 1.807) is 55.7 Å². The van der Waals surface area contributed by atoms with Crippen molar-refractivity contribution >= 4 is 84.7 Å². The fourth-order valence-electron chi connectivity index (χ4n) is 12.1. The van der Waals surface area contributed by atoms with Gasteiger partial charge in [0.05, 0.1) is 51.8 Å². The van der Waals surface area contributed by atoms with Gasteiger partial charge in [-0.2, -0.15) is 25.4 Å². The molecule has 0 spiro atoms. The molecule has 18 nitrogen and oxygen atoms in total. The van der Waals surface area contributed by atoms with E-state index in [4.69, 9.17) is 16.3 Å². The van der Waals surface area contributed by atoms with Gasteiger partial charge in [0.1, 0.15) is 5.75 Å². The lowest BCUT2D eigenvalue weighted by Crippen LogP contribution is -2.41. The van der Waals surface area contributed by atoms with E-state index in [0.717, 1.165) is 110 Å². The van der Waals surface area contributed by atoms with E-state index < -0.39 is 45.4 Å². The molecule has 0 unspecified atom stereocenters. The van der Waals surface area contributed by atoms with Crippen LogP contribution in [-0.4, -0.2) is 118 Å². The number of Topliss-reactive ketones (excluding diaryl/α,β-unsaturated/α-hetero) is 1. The number of carboxylic acids is 1. The van der Waals surface area contributed by atoms with Gasteiger partial charge in [-0.05, 0) is 127 Å². The molecule has 0 bridgehead atoms. The van der Waals surface area contributed by atoms with Crippen LogP contribution in [0, 0.1) is 0 Å². The first-order valence-electron chi connectivity index (χ1n) is 30.2. The Morgan fingerprint density at radius 1 is 0.697 bits per heavy atom. The van der Waals surface area contributed by atoms with Crippen molar-refractivity contribution in [3.63, 3.8) is 0 Å². The predicted octanol–water partition coefficient (Wildman–Crippen LogP) is 12.1. The minimum atomic E-state index is -4.07. The number of methoxy groups -OCH3 is 1. The first-order chi connectivity index (χ1) is 43.1. The number of aliphatic carboxylic acids is 1. The summed E-state index contributed by atoms with van der Waals surface area (Å²) in [6, 6.07) is 22.0. The van der Waals surface area contributed by atoms with E-state index in [1.807, 2.05) is 47.0 Å². The highest BCUT2D eigenvalue weighted by Crippen LogP contribution is 2.49. The standard InChI is InChI=1S/C34H39N3O5S.C30H31N3O6S.C3H7N.CH3F/c1-5-7-13-31(38)26-19-25-20-27(42-4)15-17-28(25)33-32(23-11-9-8-10-12-23)29-16-14-24(21-30(29)37(33)22-26)34(39)35-43(40,41)36(3)18-6-2;1-4-14-32(2)40(37,38)31-29(34)20-10-12-25-26(17-20)33-18-22(30(35)36)15-21-16-23(39-3)11-13-24(21)28(33)27(25)19-8-6-5-7-9-19;1-2-3-4;1-2/h5-6,14-17,19-21,23H,1-2,7-13,18,22H2,3-4H3,(H,35,39);4,10-13,15-17,19H,1,3,5-9,14,18H2,2H3,(H-,31,34,35,36);2H,1,3-4H2;1H3/p+1/i;;;1D. The van der Waals surface area contributed by atoms with Crippen molar-refractivity contribution in [1.29, 1.82) is 0 Å². The van der Waals surface area contributed by atoms with Crippen LogP contribution in [-0.2, 0) is 47.5 Å². The molecule has 6 aromatic rings. The van der Waals surface area contributed by atoms with Crippen LogP contribution in [0.5, 0.6) is 11.5 Å². The summed E-state index contributed by atoms with van der Waals surface area (Å²) in [6.45, 7) is 18.8. The van der Waals surface area contributed by atoms with Crippen molar-refractivity contribution < 1.29 is 56.0 Å². The number of fused-ring (bicyclic) bond motifs is 10. The summed E-state index contributed by atoms with van der Waals surface area (Å²) >= 11 is 0. The molecule has 2 aliphatic heterocycles. The Morgan fingerprint density at radius 2 is 1.15 bits per heavy atom. The highest BCUT2D eigenvalue weighted by atomic mass is 32.2. The molecule has 2 saturated carbocycles. The Bertz CT molecular complexity index is 4030. The van der Waals surface area contributed by atoms with Crippen molar-refractivity contribution in [2.45, 2.75) is 102 Å². The SMILES string of the molecule is C=CCCC(=O)C1=Cc2cc(OC)ccc2-c2c(C3CCCCC3)c3ccc(C(=O)NS(=O)(=O)N(C)CC=C)cc3n2C1.C=CCN.C=CCN(C)S(=O)(=O)NC(=O)c1ccc2c(C3CCCCC3)c3n(c2c1)CC(C(=O)O)=Cc1cc([O+]=C)ccc1-3.[2H]CF. The maximum Gasteiger partial charge on any atom is 0.352 e. The molecule has 4 aliphatic rings. The second kappa shape index (κ2) is 30.7. The number of carboxylic acid groups (broad SMARTS) is 1. The van der Waals surface area contributed by atoms with Gasteiger partial charge in [0.15, 0.2) is 5.78 Å². The molecule has 5 N–H and O–H groups in total. The Labute approximate surface area is 523 Å². The third-order valence-corrected chi connectivity index (χ3v) is 19.3. The van der Waals surface area contributed by atoms with Crippen LogP contribution in [0.3, 0.4) is 0 Å². The third-order valence-electron chi connectivity index (χ3n) is 16.4. The number of rotatable bonds is 20. The Balaban J connectivity index is 0.000000233. The average molecular weight is 1260 g/mol. The molecule has 0 saturated heterocycles. The Kier molecular flexibility index (Phi) is 23.0. The van der Waals surface area contributed by atoms with Crippen molar-refractivity contribution in [2.75, 3.05) is 48.0 Å². The number of benzene rings is 4. The molecule has 2 amide bonds. The number of alkyl halides is 1. The second-order valence-electron chi connectivity index (χ2n) is 22.1. The molecule has 4 heterocycles. The summed E-state index contributed by atoms with van der Waals surface area (Å²) in [5.74, 6) is -0.685. The zero-order valence-corrected chi connectivity index (χ0v) is 52.5. The average Bonchev–Trinajstić information content (AvgIpc) is 1.59. The Hall–Kier alpha value is -8.34. The summed E-state index contributed by atoms with van der Waals surface area (Å²) in [7, 11) is -4.76. The number of aromatic nitrogens is 2. The van der Waals surface area contributed by atoms with Crippen molar-refractivity contribution in [3.8, 4) is 34.0 Å². The molecule has 0 atom stereocenters. The smallest absolute Gasteiger partial charge is 0.352 e. The maximum absolute atomic E-state index is 13.5. The number of halogens is 1. The third kappa shape index (κ3) is 15.4. The maximum atomic E-state index is 13.5. The highest BCUT2D eigenvalue weighted by molar-refractivity contribution is 7.88. The number of ether oxygens (including phenoxy) is 1. The second-order valence-corrected chi connectivity index (χ2v) is 25.7. The van der Waals surface area contributed by atoms with Gasteiger partial charge < -0.3 is 24.7 Å². The lowest BCUT2D eigenvalue weighted by molar-refractivity contribution is -0.354. The van der Waals surface area contributed by atoms with E-state index in [2.05, 4.69) is 53.2 Å². The van der Waals surface area contributed by atoms with Gasteiger partial charge in [0.2, 0.25) is 0 Å². The van der Waals surface area contributed by atoms with Gasteiger partial charge >= 0.3 is 32.1 Å². The quantitative estimate of drug-likeness (QED) is 0.0414. The zero-order chi connectivity index (χ0) is 65.5. The zero-order valence-electron chi connectivity index (χ0n) is 51.9. The van der Waals surface area contributed by atoms with Gasteiger partial charge in [0, 0.05) is 95.8 Å². The molecular formula is C68H81FN7O11S2+. The normalized spacial score (nSPS) is 14.9. The molecule has 2 fully saturated rings. The molecule has 10 rings (SSSR count). The predicted molar refractivity (Wildman–Crippen MR) is 352 cm³/mol. The topological polar surface area (TPSA) is 244 Å². The minimum Gasteiger partial charge on any atom is -0.497 e. The van der Waals surface area contributed by atoms with E-state index in [0.29, 0.717) is 60.0 Å². The van der Waals surface area contributed by atoms with Crippen LogP contribution >= 0.6 is 0 Å². The largest absolute Gasteiger partial charge is 0.497 e. The minimum absolute atomic E-state index is 0.0350. The van der Waals surface area contributed by atoms with Crippen LogP contribution in [0.25, 0.3) is 56.5 Å². The summed E-state index contributed by atoms with van der Waals surface area (Å²) in [6.07, 6.45) is 21.8. The molecule has 2 aromatic heterocycles. The molecule has 89 heavy (non-hydrogen) atoms. The van der Waals surface area contributed by atoms with Crippen LogP contribution < -0.4 is 19.9 Å². The van der Waals surface area contributed by atoms with E-state index >= 15 is 0 Å². The molecule has 472 valence electrons. The lowest BCUT2D eigenvalue weighted by atomic mass is 9.81. The van der Waals surface area contributed by atoms with Gasteiger partial charge in [-0.15, -0.1) is 26.3 Å². The summed E-state index contributed by atoms with van der Waals surface area (Å²) in [4.78, 5) is 52.2. The molecule has 2 aliphatic carbocycles. The first kappa shape index (κ1) is 66.6. The fourth-order valence-corrected chi connectivity index (χ4v) is 13.7. The number of hydrogen-bond acceptors (Lipinski definition) is 10. The van der Waals surface area contributed by atoms with E-state index in [9.17, 15) is 45.5 Å². The first-order valence-corrected chi connectivity index (χ1v) is 32.3. The monoisotopic (exact) mass is 1260 g/mol. The summed E-state index contributed by atoms with van der Waals surface area (Å²) in [5, 5.41) is 12.0. The number of amides is 2. The molecule has 21 heteroatoms. The number of carbonyl (C=O) groups is 4. The number of carbonyl (C=O) groups excluding carboxylic acids is 4. The Morgan fingerprint density at radius 3 is 1.57 bits per heavy atom. The number of nitrogens with two attached hydrogens (primary N) is 1. The molecule has 0 radical (unpaired) electrons. The number of nitrogens with one attached hydrogen (secondary N) is 2. The number of allylic oxidation sites excluding steroid dienone is 2. The van der Waals surface area contributed by atoms with Crippen LogP contribution in [0.2, 0.25) is 0 Å². The van der Waals surface area contributed by atoms with Crippen LogP contribution in [0.4, 0.5) is 4.39 Å². The molecule has 4 aromatic carbocycles. The van der Waals surface area contributed by atoms with Gasteiger partial charge in [-0.1, -0.05) is 75.0 Å². The summed E-state index contributed by atoms with van der Waals surface area (Å²) in [5.41, 5.74) is 15.4. The fraction of sp³-hybridized carbons (Fsp3) is 0.338. The van der Waals surface area contributed by atoms with Crippen LogP contribution in [0.15, 0.2) is 135 Å². The number of hydrogen-bond donors (Lipinski definition) is 4. The van der Waals surface area contributed by atoms with Gasteiger partial charge in [-0.25, -0.2) is 18.7 Å². The number of nitrogens with zero attached hydrogens (tertiary/aromatic N) is 4. The van der Waals surface area contributed by atoms with Crippen molar-refractivity contribution in [3.05, 3.63) is 168 Å². The lowest BCUT2D eigenvalue weighted by Gasteiger charge is -2.24. The van der Waals surface area contributed by atoms with Crippen LogP contribution in [0.1, 0.15) is 133 Å². The van der Waals surface area contributed by atoms with E-state index in [1.165, 1.54) is 44.7 Å². The number of likely N-dealkylation sites (N-methyl/N-ethyl adjacent to an activating group) is 2. The van der Waals surface area contributed by atoms with Gasteiger partial charge in [-0.3, -0.25) is 18.8 Å². The van der Waals surface area contributed by atoms with E-state index in [-0.39, 0.29) is 48.0 Å². The van der Waals surface area contributed by atoms with Crippen molar-refractivity contribution in [1.82, 2.24) is 27.2 Å². The van der Waals surface area contributed by atoms with Crippen molar-refractivity contribution in [2.24, 2.45) is 5.73 Å². The molecular weight excluding hydrogens is 1170 g/mol. The van der Waals surface area contributed by atoms with Gasteiger partial charge in [0.25, 0.3) is 18.6 Å².